The van der Waals surface area contributed by atoms with Gasteiger partial charge >= 0.3 is 0 Å². The van der Waals surface area contributed by atoms with E-state index in [1.165, 1.54) is 6.07 Å². The van der Waals surface area contributed by atoms with Crippen LogP contribution in [0.2, 0.25) is 0 Å². The van der Waals surface area contributed by atoms with Crippen LogP contribution in [-0.2, 0) is 11.2 Å². The Balaban J connectivity index is 1.78. The molecule has 0 aromatic heterocycles. The fraction of sp³-hybridized carbons (Fsp3) is 0.235. The summed E-state index contributed by atoms with van der Waals surface area (Å²) in [4.78, 5) is 11.7. The Kier molecular flexibility index (Phi) is 4.15. The Morgan fingerprint density at radius 3 is 2.55 bits per heavy atom. The van der Waals surface area contributed by atoms with E-state index in [2.05, 4.69) is 10.6 Å². The van der Waals surface area contributed by atoms with Gasteiger partial charge in [0.1, 0.15) is 0 Å². The van der Waals surface area contributed by atoms with Crippen LogP contribution in [0.5, 0.6) is 0 Å². The van der Waals surface area contributed by atoms with Crippen molar-refractivity contribution in [1.29, 1.82) is 0 Å². The molecule has 3 rings (SSSR count). The van der Waals surface area contributed by atoms with Crippen LogP contribution >= 0.6 is 0 Å². The number of piperazine rings is 1. The molecule has 1 atom stereocenters. The zero-order chi connectivity index (χ0) is 15.5. The van der Waals surface area contributed by atoms with E-state index in [4.69, 9.17) is 0 Å². The summed E-state index contributed by atoms with van der Waals surface area (Å²) in [5, 5.41) is 5.97. The number of halogens is 2. The summed E-state index contributed by atoms with van der Waals surface area (Å²) in [7, 11) is 0. The molecule has 5 heteroatoms. The van der Waals surface area contributed by atoms with Crippen LogP contribution in [-0.4, -0.2) is 25.0 Å². The van der Waals surface area contributed by atoms with Crippen LogP contribution in [0.4, 0.5) is 8.78 Å². The SMILES string of the molecule is O=C1NCCN[C@H]1Cc1ccc(-c2cccc(F)c2F)cc1. The number of benzene rings is 2. The first-order valence-corrected chi connectivity index (χ1v) is 7.19. The summed E-state index contributed by atoms with van der Waals surface area (Å²) >= 11 is 0. The van der Waals surface area contributed by atoms with Crippen LogP contribution in [0, 0.1) is 11.6 Å². The Morgan fingerprint density at radius 1 is 1.05 bits per heavy atom. The molecule has 0 bridgehead atoms. The molecule has 114 valence electrons. The van der Waals surface area contributed by atoms with E-state index in [0.717, 1.165) is 18.2 Å². The molecule has 1 aliphatic heterocycles. The van der Waals surface area contributed by atoms with Crippen molar-refractivity contribution < 1.29 is 13.6 Å². The highest BCUT2D eigenvalue weighted by atomic mass is 19.2. The van der Waals surface area contributed by atoms with E-state index in [0.29, 0.717) is 18.5 Å². The molecule has 22 heavy (non-hydrogen) atoms. The van der Waals surface area contributed by atoms with E-state index in [-0.39, 0.29) is 17.5 Å². The van der Waals surface area contributed by atoms with Gasteiger partial charge in [-0.2, -0.15) is 0 Å². The molecule has 1 aliphatic rings. The maximum atomic E-state index is 13.8. The molecule has 3 nitrogen and oxygen atoms in total. The van der Waals surface area contributed by atoms with Gasteiger partial charge in [0.15, 0.2) is 11.6 Å². The van der Waals surface area contributed by atoms with Gasteiger partial charge in [-0.05, 0) is 23.6 Å². The number of nitrogens with one attached hydrogen (secondary N) is 2. The third-order valence-corrected chi connectivity index (χ3v) is 3.79. The lowest BCUT2D eigenvalue weighted by atomic mass is 9.99. The molecule has 2 N–H and O–H groups in total. The molecular formula is C17H16F2N2O. The van der Waals surface area contributed by atoms with Crippen molar-refractivity contribution in [3.8, 4) is 11.1 Å². The van der Waals surface area contributed by atoms with Gasteiger partial charge in [-0.25, -0.2) is 8.78 Å². The third kappa shape index (κ3) is 2.99. The van der Waals surface area contributed by atoms with E-state index in [9.17, 15) is 13.6 Å². The van der Waals surface area contributed by atoms with E-state index in [1.807, 2.05) is 12.1 Å². The molecule has 0 unspecified atom stereocenters. The molecule has 0 spiro atoms. The van der Waals surface area contributed by atoms with Gasteiger partial charge in [0, 0.05) is 18.7 Å². The van der Waals surface area contributed by atoms with Crippen molar-refractivity contribution in [3.63, 3.8) is 0 Å². The standard InChI is InChI=1S/C17H16F2N2O/c18-14-3-1-2-13(16(14)19)12-6-4-11(5-7-12)10-15-17(22)21-9-8-20-15/h1-7,15,20H,8-10H2,(H,21,22)/t15-/m0/s1. The van der Waals surface area contributed by atoms with Crippen LogP contribution in [0.15, 0.2) is 42.5 Å². The average molecular weight is 302 g/mol. The second-order valence-electron chi connectivity index (χ2n) is 5.30. The fourth-order valence-corrected chi connectivity index (χ4v) is 2.60. The minimum Gasteiger partial charge on any atom is -0.353 e. The third-order valence-electron chi connectivity index (χ3n) is 3.79. The van der Waals surface area contributed by atoms with Crippen molar-refractivity contribution in [2.24, 2.45) is 0 Å². The Hall–Kier alpha value is -2.27. The molecular weight excluding hydrogens is 286 g/mol. The van der Waals surface area contributed by atoms with Gasteiger partial charge in [0.2, 0.25) is 5.91 Å². The molecule has 1 saturated heterocycles. The van der Waals surface area contributed by atoms with Gasteiger partial charge in [-0.1, -0.05) is 36.4 Å². The monoisotopic (exact) mass is 302 g/mol. The van der Waals surface area contributed by atoms with Crippen LogP contribution in [0.25, 0.3) is 11.1 Å². The molecule has 0 radical (unpaired) electrons. The summed E-state index contributed by atoms with van der Waals surface area (Å²) in [6, 6.07) is 11.0. The molecule has 1 amide bonds. The van der Waals surface area contributed by atoms with Crippen molar-refractivity contribution in [3.05, 3.63) is 59.7 Å². The highest BCUT2D eigenvalue weighted by Crippen LogP contribution is 2.24. The average Bonchev–Trinajstić information content (AvgIpc) is 2.53. The van der Waals surface area contributed by atoms with Crippen LogP contribution in [0.3, 0.4) is 0 Å². The number of hydrogen-bond acceptors (Lipinski definition) is 2. The first kappa shape index (κ1) is 14.7. The van der Waals surface area contributed by atoms with Crippen LogP contribution < -0.4 is 10.6 Å². The van der Waals surface area contributed by atoms with Crippen molar-refractivity contribution >= 4 is 5.91 Å². The molecule has 2 aromatic carbocycles. The van der Waals surface area contributed by atoms with Gasteiger partial charge in [-0.3, -0.25) is 4.79 Å². The summed E-state index contributed by atoms with van der Waals surface area (Å²) in [5.74, 6) is -1.71. The lowest BCUT2D eigenvalue weighted by Gasteiger charge is -2.23. The highest BCUT2D eigenvalue weighted by molar-refractivity contribution is 5.82. The van der Waals surface area contributed by atoms with Gasteiger partial charge < -0.3 is 10.6 Å². The first-order chi connectivity index (χ1) is 10.6. The minimum absolute atomic E-state index is 0.00787. The second-order valence-corrected chi connectivity index (χ2v) is 5.30. The molecule has 0 aliphatic carbocycles. The Bertz CT molecular complexity index is 686. The molecule has 1 fully saturated rings. The van der Waals surface area contributed by atoms with E-state index >= 15 is 0 Å². The molecule has 1 heterocycles. The zero-order valence-electron chi connectivity index (χ0n) is 11.9. The van der Waals surface area contributed by atoms with Crippen molar-refractivity contribution in [1.82, 2.24) is 10.6 Å². The van der Waals surface area contributed by atoms with Gasteiger partial charge in [-0.15, -0.1) is 0 Å². The Morgan fingerprint density at radius 2 is 1.82 bits per heavy atom. The number of amides is 1. The predicted octanol–water partition coefficient (Wildman–Crippen LogP) is 2.26. The maximum Gasteiger partial charge on any atom is 0.237 e. The largest absolute Gasteiger partial charge is 0.353 e. The summed E-state index contributed by atoms with van der Waals surface area (Å²) in [6.45, 7) is 1.40. The maximum absolute atomic E-state index is 13.8. The zero-order valence-corrected chi connectivity index (χ0v) is 11.9. The van der Waals surface area contributed by atoms with Gasteiger partial charge in [0.05, 0.1) is 6.04 Å². The second kappa shape index (κ2) is 6.23. The minimum atomic E-state index is -0.857. The summed E-state index contributed by atoms with van der Waals surface area (Å²) in [5.41, 5.74) is 1.82. The van der Waals surface area contributed by atoms with E-state index in [1.54, 1.807) is 18.2 Å². The number of carbonyl (C=O) groups is 1. The molecule has 0 saturated carbocycles. The number of hydrogen-bond donors (Lipinski definition) is 2. The highest BCUT2D eigenvalue weighted by Gasteiger charge is 2.21. The number of carbonyl (C=O) groups excluding carboxylic acids is 1. The fourth-order valence-electron chi connectivity index (χ4n) is 2.60. The normalized spacial score (nSPS) is 18.1. The first-order valence-electron chi connectivity index (χ1n) is 7.19. The summed E-state index contributed by atoms with van der Waals surface area (Å²) < 4.78 is 27.0. The quantitative estimate of drug-likeness (QED) is 0.913. The van der Waals surface area contributed by atoms with Crippen LogP contribution in [0.1, 0.15) is 5.56 Å². The van der Waals surface area contributed by atoms with Crippen molar-refractivity contribution in [2.75, 3.05) is 13.1 Å². The smallest absolute Gasteiger partial charge is 0.237 e. The predicted molar refractivity (Wildman–Crippen MR) is 80.3 cm³/mol. The van der Waals surface area contributed by atoms with E-state index < -0.39 is 11.6 Å². The van der Waals surface area contributed by atoms with Crippen molar-refractivity contribution in [2.45, 2.75) is 12.5 Å². The number of rotatable bonds is 3. The topological polar surface area (TPSA) is 41.1 Å². The lowest BCUT2D eigenvalue weighted by molar-refractivity contribution is -0.124. The van der Waals surface area contributed by atoms with Gasteiger partial charge in [0.25, 0.3) is 0 Å². The molecule has 2 aromatic rings. The lowest BCUT2D eigenvalue weighted by Crippen LogP contribution is -2.53. The Labute approximate surface area is 127 Å². The summed E-state index contributed by atoms with van der Waals surface area (Å²) in [6.07, 6.45) is 0.567.